The summed E-state index contributed by atoms with van der Waals surface area (Å²) < 4.78 is 0. The number of aromatic nitrogens is 3. The second-order valence-corrected chi connectivity index (χ2v) is 8.87. The highest BCUT2D eigenvalue weighted by molar-refractivity contribution is 5.94. The minimum atomic E-state index is -0.00520. The van der Waals surface area contributed by atoms with Crippen molar-refractivity contribution in [3.63, 3.8) is 0 Å². The Morgan fingerprint density at radius 1 is 1.13 bits per heavy atom. The molecule has 30 heavy (non-hydrogen) atoms. The first-order valence-electron chi connectivity index (χ1n) is 11.2. The van der Waals surface area contributed by atoms with Crippen LogP contribution >= 0.6 is 0 Å². The van der Waals surface area contributed by atoms with Crippen molar-refractivity contribution < 1.29 is 4.79 Å². The Morgan fingerprint density at radius 3 is 2.80 bits per heavy atom. The molecular weight excluding hydrogens is 378 g/mol. The lowest BCUT2D eigenvalue weighted by Gasteiger charge is -2.37. The third-order valence-corrected chi connectivity index (χ3v) is 6.98. The lowest BCUT2D eigenvalue weighted by molar-refractivity contribution is 0.0790. The molecule has 7 nitrogen and oxygen atoms in total. The Kier molecular flexibility index (Phi) is 5.37. The molecule has 0 spiro atoms. The number of fused-ring (bicyclic) bond motifs is 1. The molecule has 2 aromatic heterocycles. The van der Waals surface area contributed by atoms with E-state index in [1.165, 1.54) is 32.1 Å². The Labute approximate surface area is 176 Å². The van der Waals surface area contributed by atoms with E-state index in [1.807, 2.05) is 4.90 Å². The maximum absolute atomic E-state index is 12.8. The number of hydrogen-bond acceptors (Lipinski definition) is 5. The van der Waals surface area contributed by atoms with Gasteiger partial charge in [-0.25, -0.2) is 4.98 Å². The zero-order valence-corrected chi connectivity index (χ0v) is 17.3. The summed E-state index contributed by atoms with van der Waals surface area (Å²) in [5, 5.41) is 0. The van der Waals surface area contributed by atoms with Crippen LogP contribution < -0.4 is 5.56 Å². The fraction of sp³-hybridized carbons (Fsp3) is 0.565. The number of carbonyl (C=O) groups is 1. The van der Waals surface area contributed by atoms with E-state index in [1.54, 1.807) is 24.5 Å². The highest BCUT2D eigenvalue weighted by Crippen LogP contribution is 2.29. The predicted molar refractivity (Wildman–Crippen MR) is 113 cm³/mol. The highest BCUT2D eigenvalue weighted by atomic mass is 16.2. The Bertz CT molecular complexity index is 967. The number of amides is 1. The lowest BCUT2D eigenvalue weighted by atomic mass is 9.92. The standard InChI is InChI=1S/C23H29N5O2/c29-22-19-9-12-27(18-6-2-1-3-7-18)15-20(19)25-21(26-22)17-8-11-28(14-17)23(30)16-5-4-10-24-13-16/h4-5,10,13,17-18H,1-3,6-9,11-12,14-15H2,(H,25,26,29). The quantitative estimate of drug-likeness (QED) is 0.845. The maximum atomic E-state index is 12.8. The first kappa shape index (κ1) is 19.4. The van der Waals surface area contributed by atoms with Crippen molar-refractivity contribution in [3.8, 4) is 0 Å². The number of aromatic amines is 1. The lowest BCUT2D eigenvalue weighted by Crippen LogP contribution is -2.42. The summed E-state index contributed by atoms with van der Waals surface area (Å²) in [6.45, 7) is 3.00. The minimum Gasteiger partial charge on any atom is -0.338 e. The zero-order valence-electron chi connectivity index (χ0n) is 17.3. The molecule has 4 heterocycles. The summed E-state index contributed by atoms with van der Waals surface area (Å²) in [6, 6.07) is 4.21. The molecular formula is C23H29N5O2. The van der Waals surface area contributed by atoms with Crippen LogP contribution in [0.5, 0.6) is 0 Å². The smallest absolute Gasteiger partial charge is 0.255 e. The first-order chi connectivity index (χ1) is 14.7. The number of rotatable bonds is 3. The van der Waals surface area contributed by atoms with Gasteiger partial charge in [0.2, 0.25) is 0 Å². The molecule has 0 radical (unpaired) electrons. The zero-order chi connectivity index (χ0) is 20.5. The average Bonchev–Trinajstić information content (AvgIpc) is 3.30. The number of likely N-dealkylation sites (tertiary alicyclic amines) is 1. The molecule has 1 N–H and O–H groups in total. The van der Waals surface area contributed by atoms with E-state index in [0.29, 0.717) is 24.7 Å². The topological polar surface area (TPSA) is 82.2 Å². The van der Waals surface area contributed by atoms with Gasteiger partial charge in [-0.15, -0.1) is 0 Å². The van der Waals surface area contributed by atoms with Crippen LogP contribution in [-0.2, 0) is 13.0 Å². The molecule has 0 aromatic carbocycles. The minimum absolute atomic E-state index is 0.00520. The Hall–Kier alpha value is -2.54. The monoisotopic (exact) mass is 407 g/mol. The predicted octanol–water partition coefficient (Wildman–Crippen LogP) is 2.49. The number of pyridine rings is 1. The second-order valence-electron chi connectivity index (χ2n) is 8.87. The number of nitrogens with one attached hydrogen (secondary N) is 1. The van der Waals surface area contributed by atoms with Gasteiger partial charge in [0, 0.05) is 56.1 Å². The van der Waals surface area contributed by atoms with Crippen molar-refractivity contribution >= 4 is 5.91 Å². The van der Waals surface area contributed by atoms with Gasteiger partial charge in [0.1, 0.15) is 5.82 Å². The molecule has 1 saturated heterocycles. The van der Waals surface area contributed by atoms with Gasteiger partial charge in [-0.05, 0) is 37.8 Å². The van der Waals surface area contributed by atoms with Gasteiger partial charge in [0.05, 0.1) is 11.3 Å². The van der Waals surface area contributed by atoms with Gasteiger partial charge in [-0.2, -0.15) is 0 Å². The molecule has 0 bridgehead atoms. The summed E-state index contributed by atoms with van der Waals surface area (Å²) in [5.41, 5.74) is 2.42. The van der Waals surface area contributed by atoms with E-state index in [4.69, 9.17) is 4.98 Å². The summed E-state index contributed by atoms with van der Waals surface area (Å²) >= 11 is 0. The van der Waals surface area contributed by atoms with Crippen LogP contribution in [0.2, 0.25) is 0 Å². The van der Waals surface area contributed by atoms with Crippen LogP contribution in [0.4, 0.5) is 0 Å². The summed E-state index contributed by atoms with van der Waals surface area (Å²) in [5.74, 6) is 0.814. The van der Waals surface area contributed by atoms with Crippen LogP contribution in [0.3, 0.4) is 0 Å². The van der Waals surface area contributed by atoms with Crippen LogP contribution in [0.25, 0.3) is 0 Å². The Morgan fingerprint density at radius 2 is 2.00 bits per heavy atom. The molecule has 1 saturated carbocycles. The SMILES string of the molecule is O=C(c1cccnc1)N1CCC(c2nc3c(c(=O)[nH]2)CCN(C2CCCCC2)C3)C1. The molecule has 3 aliphatic rings. The van der Waals surface area contributed by atoms with Gasteiger partial charge >= 0.3 is 0 Å². The van der Waals surface area contributed by atoms with Gasteiger partial charge in [-0.3, -0.25) is 19.5 Å². The second kappa shape index (κ2) is 8.30. The number of nitrogens with zero attached hydrogens (tertiary/aromatic N) is 4. The van der Waals surface area contributed by atoms with Crippen molar-refractivity contribution in [2.24, 2.45) is 0 Å². The molecule has 158 valence electrons. The highest BCUT2D eigenvalue weighted by Gasteiger charge is 2.32. The van der Waals surface area contributed by atoms with Gasteiger partial charge < -0.3 is 9.88 Å². The average molecular weight is 408 g/mol. The van der Waals surface area contributed by atoms with E-state index in [2.05, 4.69) is 14.9 Å². The van der Waals surface area contributed by atoms with Crippen molar-refractivity contribution in [1.82, 2.24) is 24.8 Å². The van der Waals surface area contributed by atoms with Gasteiger partial charge in [0.25, 0.3) is 11.5 Å². The third-order valence-electron chi connectivity index (χ3n) is 6.98. The fourth-order valence-corrected chi connectivity index (χ4v) is 5.27. The van der Waals surface area contributed by atoms with Crippen LogP contribution in [0.1, 0.15) is 71.9 Å². The molecule has 1 unspecified atom stereocenters. The van der Waals surface area contributed by atoms with Gasteiger partial charge in [0.15, 0.2) is 0 Å². The number of H-pyrrole nitrogens is 1. The number of hydrogen-bond donors (Lipinski definition) is 1. The molecule has 5 rings (SSSR count). The summed E-state index contributed by atoms with van der Waals surface area (Å²) in [7, 11) is 0. The van der Waals surface area contributed by atoms with Crippen molar-refractivity contribution in [2.45, 2.75) is 63.5 Å². The molecule has 1 aliphatic carbocycles. The van der Waals surface area contributed by atoms with Crippen LogP contribution in [0, 0.1) is 0 Å². The van der Waals surface area contributed by atoms with Crippen molar-refractivity contribution in [3.05, 3.63) is 57.5 Å². The molecule has 2 aliphatic heterocycles. The maximum Gasteiger partial charge on any atom is 0.255 e. The molecule has 1 amide bonds. The van der Waals surface area contributed by atoms with Crippen LogP contribution in [-0.4, -0.2) is 56.3 Å². The van der Waals surface area contributed by atoms with E-state index in [-0.39, 0.29) is 17.4 Å². The molecule has 7 heteroatoms. The number of carbonyl (C=O) groups excluding carboxylic acids is 1. The molecule has 1 atom stereocenters. The van der Waals surface area contributed by atoms with Crippen molar-refractivity contribution in [2.75, 3.05) is 19.6 Å². The van der Waals surface area contributed by atoms with E-state index >= 15 is 0 Å². The Balaban J connectivity index is 1.32. The summed E-state index contributed by atoms with van der Waals surface area (Å²) in [4.78, 5) is 41.9. The summed E-state index contributed by atoms with van der Waals surface area (Å²) in [6.07, 6.45) is 11.4. The molecule has 2 aromatic rings. The van der Waals surface area contributed by atoms with E-state index in [0.717, 1.165) is 43.0 Å². The van der Waals surface area contributed by atoms with E-state index < -0.39 is 0 Å². The fourth-order valence-electron chi connectivity index (χ4n) is 5.27. The largest absolute Gasteiger partial charge is 0.338 e. The molecule has 2 fully saturated rings. The first-order valence-corrected chi connectivity index (χ1v) is 11.2. The van der Waals surface area contributed by atoms with E-state index in [9.17, 15) is 9.59 Å². The normalized spacial score (nSPS) is 22.8. The van der Waals surface area contributed by atoms with Crippen molar-refractivity contribution in [1.29, 1.82) is 0 Å². The van der Waals surface area contributed by atoms with Crippen LogP contribution in [0.15, 0.2) is 29.3 Å². The third kappa shape index (κ3) is 3.78. The van der Waals surface area contributed by atoms with Gasteiger partial charge in [-0.1, -0.05) is 19.3 Å².